The Morgan fingerprint density at radius 3 is 2.81 bits per heavy atom. The number of amides is 1. The van der Waals surface area contributed by atoms with Gasteiger partial charge in [-0.25, -0.2) is 0 Å². The van der Waals surface area contributed by atoms with E-state index >= 15 is 0 Å². The van der Waals surface area contributed by atoms with Gasteiger partial charge in [0.25, 0.3) is 5.91 Å². The Morgan fingerprint density at radius 1 is 1.15 bits per heavy atom. The van der Waals surface area contributed by atoms with Crippen molar-refractivity contribution in [2.45, 2.75) is 12.5 Å². The van der Waals surface area contributed by atoms with Crippen molar-refractivity contribution in [3.63, 3.8) is 0 Å². The van der Waals surface area contributed by atoms with Gasteiger partial charge in [-0.1, -0.05) is 24.3 Å². The molecule has 1 unspecified atom stereocenters. The van der Waals surface area contributed by atoms with Crippen LogP contribution in [0.2, 0.25) is 0 Å². The smallest absolute Gasteiger partial charge is 0.276 e. The number of ether oxygens (including phenoxy) is 1. The molecule has 7 nitrogen and oxygen atoms in total. The molecule has 1 fully saturated rings. The summed E-state index contributed by atoms with van der Waals surface area (Å²) in [6.45, 7) is 0.937. The second-order valence-electron chi connectivity index (χ2n) is 5.93. The molecule has 1 aliphatic heterocycles. The molecule has 0 aliphatic carbocycles. The maximum absolute atomic E-state index is 13.1. The molecule has 0 saturated carbocycles. The molecule has 0 spiro atoms. The molecule has 2 aromatic heterocycles. The molecule has 132 valence electrons. The highest BCUT2D eigenvalue weighted by molar-refractivity contribution is 5.92. The summed E-state index contributed by atoms with van der Waals surface area (Å²) < 4.78 is 18.8. The van der Waals surface area contributed by atoms with Gasteiger partial charge >= 0.3 is 0 Å². The monoisotopic (exact) mass is 353 g/mol. The normalized spacial score (nSPS) is 16.7. The lowest BCUT2D eigenvalue weighted by atomic mass is 10.3. The van der Waals surface area contributed by atoms with Gasteiger partial charge in [0.05, 0.1) is 18.4 Å². The number of aromatic nitrogens is 4. The van der Waals surface area contributed by atoms with Gasteiger partial charge in [-0.3, -0.25) is 4.79 Å². The molecule has 1 aromatic carbocycles. The van der Waals surface area contributed by atoms with Gasteiger partial charge in [0.1, 0.15) is 6.10 Å². The molecular weight excluding hydrogens is 337 g/mol. The van der Waals surface area contributed by atoms with Crippen molar-refractivity contribution in [2.75, 3.05) is 13.1 Å². The fourth-order valence-corrected chi connectivity index (χ4v) is 2.84. The number of rotatable bonds is 4. The summed E-state index contributed by atoms with van der Waals surface area (Å²) in [6, 6.07) is 13.8. The van der Waals surface area contributed by atoms with Crippen LogP contribution in [-0.4, -0.2) is 50.0 Å². The Morgan fingerprint density at radius 2 is 2.00 bits per heavy atom. The molecule has 3 heterocycles. The number of halogens is 1. The highest BCUT2D eigenvalue weighted by Gasteiger charge is 2.30. The van der Waals surface area contributed by atoms with Gasteiger partial charge in [0, 0.05) is 19.0 Å². The third-order valence-electron chi connectivity index (χ3n) is 4.11. The molecule has 8 heteroatoms. The summed E-state index contributed by atoms with van der Waals surface area (Å²) >= 11 is 0. The summed E-state index contributed by atoms with van der Waals surface area (Å²) in [5.74, 6) is -0.573. The third-order valence-corrected chi connectivity index (χ3v) is 4.11. The molecule has 1 saturated heterocycles. The van der Waals surface area contributed by atoms with Crippen LogP contribution < -0.4 is 4.74 Å². The van der Waals surface area contributed by atoms with Crippen molar-refractivity contribution in [3.05, 3.63) is 66.4 Å². The molecule has 4 rings (SSSR count). The van der Waals surface area contributed by atoms with E-state index in [2.05, 4.69) is 15.2 Å². The number of pyridine rings is 1. The minimum absolute atomic E-state index is 0.203. The van der Waals surface area contributed by atoms with E-state index in [0.29, 0.717) is 19.5 Å². The Bertz CT molecular complexity index is 915. The van der Waals surface area contributed by atoms with Gasteiger partial charge in [0.15, 0.2) is 5.69 Å². The molecule has 1 amide bonds. The quantitative estimate of drug-likeness (QED) is 0.672. The van der Waals surface area contributed by atoms with Crippen LogP contribution in [0.5, 0.6) is 5.88 Å². The Hall–Kier alpha value is -3.29. The SMILES string of the molecule is O=C(c1cnn(-c2ccccc2)n1)N1CCC(Oc2cccc(F)n2)C1. The Labute approximate surface area is 149 Å². The summed E-state index contributed by atoms with van der Waals surface area (Å²) in [7, 11) is 0. The average molecular weight is 353 g/mol. The van der Waals surface area contributed by atoms with Crippen molar-refractivity contribution >= 4 is 5.91 Å². The van der Waals surface area contributed by atoms with Crippen LogP contribution in [-0.2, 0) is 0 Å². The molecule has 0 radical (unpaired) electrons. The number of carbonyl (C=O) groups is 1. The number of benzene rings is 1. The molecule has 0 N–H and O–H groups in total. The lowest BCUT2D eigenvalue weighted by Crippen LogP contribution is -2.31. The first-order chi connectivity index (χ1) is 12.7. The zero-order chi connectivity index (χ0) is 17.9. The highest BCUT2D eigenvalue weighted by atomic mass is 19.1. The standard InChI is InChI=1S/C18H16FN5O2/c19-16-7-4-8-17(21-16)26-14-9-10-23(12-14)18(25)15-11-20-24(22-15)13-5-2-1-3-6-13/h1-8,11,14H,9-10,12H2. The second-order valence-corrected chi connectivity index (χ2v) is 5.93. The summed E-state index contributed by atoms with van der Waals surface area (Å²) in [6.07, 6.45) is 1.88. The van der Waals surface area contributed by atoms with Crippen molar-refractivity contribution in [1.29, 1.82) is 0 Å². The van der Waals surface area contributed by atoms with Crippen LogP contribution in [0.3, 0.4) is 0 Å². The van der Waals surface area contributed by atoms with Crippen LogP contribution in [0.1, 0.15) is 16.9 Å². The van der Waals surface area contributed by atoms with E-state index in [1.54, 1.807) is 11.0 Å². The summed E-state index contributed by atoms with van der Waals surface area (Å²) in [5.41, 5.74) is 1.06. The molecule has 0 bridgehead atoms. The van der Waals surface area contributed by atoms with E-state index in [9.17, 15) is 9.18 Å². The van der Waals surface area contributed by atoms with Crippen molar-refractivity contribution in [2.24, 2.45) is 0 Å². The summed E-state index contributed by atoms with van der Waals surface area (Å²) in [5, 5.41) is 8.41. The number of nitrogens with zero attached hydrogens (tertiary/aromatic N) is 5. The van der Waals surface area contributed by atoms with Crippen LogP contribution in [0, 0.1) is 5.95 Å². The zero-order valence-corrected chi connectivity index (χ0v) is 13.8. The fourth-order valence-electron chi connectivity index (χ4n) is 2.84. The van der Waals surface area contributed by atoms with Gasteiger partial charge in [-0.2, -0.15) is 19.3 Å². The van der Waals surface area contributed by atoms with E-state index in [-0.39, 0.29) is 23.6 Å². The number of carbonyl (C=O) groups excluding carboxylic acids is 1. The second kappa shape index (κ2) is 6.91. The predicted octanol–water partition coefficient (Wildman–Crippen LogP) is 2.09. The van der Waals surface area contributed by atoms with Crippen LogP contribution in [0.4, 0.5) is 4.39 Å². The zero-order valence-electron chi connectivity index (χ0n) is 13.8. The minimum atomic E-state index is -0.592. The average Bonchev–Trinajstić information content (AvgIpc) is 3.32. The van der Waals surface area contributed by atoms with E-state index < -0.39 is 5.95 Å². The number of hydrogen-bond donors (Lipinski definition) is 0. The van der Waals surface area contributed by atoms with Crippen LogP contribution in [0.15, 0.2) is 54.7 Å². The topological polar surface area (TPSA) is 73.1 Å². The molecule has 1 atom stereocenters. The van der Waals surface area contributed by atoms with Crippen molar-refractivity contribution < 1.29 is 13.9 Å². The van der Waals surface area contributed by atoms with E-state index in [4.69, 9.17) is 4.74 Å². The lowest BCUT2D eigenvalue weighted by Gasteiger charge is -2.15. The van der Waals surface area contributed by atoms with E-state index in [1.165, 1.54) is 23.1 Å². The fraction of sp³-hybridized carbons (Fsp3) is 0.222. The highest BCUT2D eigenvalue weighted by Crippen LogP contribution is 2.18. The van der Waals surface area contributed by atoms with Crippen molar-refractivity contribution in [1.82, 2.24) is 24.9 Å². The van der Waals surface area contributed by atoms with E-state index in [0.717, 1.165) is 5.69 Å². The van der Waals surface area contributed by atoms with Gasteiger partial charge in [-0.15, -0.1) is 5.10 Å². The Balaban J connectivity index is 1.41. The molecule has 3 aromatic rings. The number of para-hydroxylation sites is 1. The number of likely N-dealkylation sites (tertiary alicyclic amines) is 1. The predicted molar refractivity (Wildman–Crippen MR) is 90.5 cm³/mol. The van der Waals surface area contributed by atoms with Gasteiger partial charge in [-0.05, 0) is 18.2 Å². The van der Waals surface area contributed by atoms with Gasteiger partial charge in [0.2, 0.25) is 11.8 Å². The lowest BCUT2D eigenvalue weighted by molar-refractivity contribution is 0.0764. The molecule has 1 aliphatic rings. The van der Waals surface area contributed by atoms with E-state index in [1.807, 2.05) is 30.3 Å². The largest absolute Gasteiger partial charge is 0.472 e. The molecular formula is C18H16FN5O2. The third kappa shape index (κ3) is 3.39. The Kier molecular flexibility index (Phi) is 4.30. The van der Waals surface area contributed by atoms with Crippen LogP contribution >= 0.6 is 0 Å². The first-order valence-corrected chi connectivity index (χ1v) is 8.25. The first kappa shape index (κ1) is 16.2. The molecule has 26 heavy (non-hydrogen) atoms. The first-order valence-electron chi connectivity index (χ1n) is 8.25. The van der Waals surface area contributed by atoms with Crippen LogP contribution in [0.25, 0.3) is 5.69 Å². The van der Waals surface area contributed by atoms with Gasteiger partial charge < -0.3 is 9.64 Å². The summed E-state index contributed by atoms with van der Waals surface area (Å²) in [4.78, 5) is 19.4. The maximum Gasteiger partial charge on any atom is 0.276 e. The number of hydrogen-bond acceptors (Lipinski definition) is 5. The maximum atomic E-state index is 13.1. The van der Waals surface area contributed by atoms with Crippen molar-refractivity contribution in [3.8, 4) is 11.6 Å². The minimum Gasteiger partial charge on any atom is -0.472 e.